The fraction of sp³-hybridized carbons (Fsp3) is 1.00. The zero-order valence-electron chi connectivity index (χ0n) is 13.3. The highest BCUT2D eigenvalue weighted by atomic mass is 16.5. The molecule has 0 aliphatic carbocycles. The van der Waals surface area contributed by atoms with Crippen molar-refractivity contribution in [3.63, 3.8) is 0 Å². The molecule has 0 aromatic rings. The van der Waals surface area contributed by atoms with Crippen molar-refractivity contribution in [1.29, 1.82) is 0 Å². The molecular formula is C16H34N2O. The highest BCUT2D eigenvalue weighted by molar-refractivity contribution is 4.77. The summed E-state index contributed by atoms with van der Waals surface area (Å²) in [5, 5.41) is 3.47. The summed E-state index contributed by atoms with van der Waals surface area (Å²) >= 11 is 0. The van der Waals surface area contributed by atoms with Crippen molar-refractivity contribution >= 4 is 0 Å². The van der Waals surface area contributed by atoms with Crippen molar-refractivity contribution in [3.05, 3.63) is 0 Å². The molecule has 1 N–H and O–H groups in total. The average Bonchev–Trinajstić information content (AvgIpc) is 2.42. The van der Waals surface area contributed by atoms with Crippen molar-refractivity contribution in [1.82, 2.24) is 10.2 Å². The number of nitrogens with zero attached hydrogens (tertiary/aromatic N) is 1. The van der Waals surface area contributed by atoms with Gasteiger partial charge in [0.1, 0.15) is 0 Å². The SMILES string of the molecule is CCCNCCCCCCN1CC(C)OCC1CC. The Balaban J connectivity index is 2.00. The molecule has 0 aromatic heterocycles. The molecule has 0 saturated carbocycles. The van der Waals surface area contributed by atoms with Crippen molar-refractivity contribution in [2.45, 2.75) is 71.4 Å². The van der Waals surface area contributed by atoms with Crippen LogP contribution < -0.4 is 5.32 Å². The quantitative estimate of drug-likeness (QED) is 0.618. The van der Waals surface area contributed by atoms with Crippen LogP contribution in [0.4, 0.5) is 0 Å². The molecule has 1 aliphatic rings. The Morgan fingerprint density at radius 1 is 1.11 bits per heavy atom. The topological polar surface area (TPSA) is 24.5 Å². The number of hydrogen-bond acceptors (Lipinski definition) is 3. The summed E-state index contributed by atoms with van der Waals surface area (Å²) in [6.07, 6.45) is 8.29. The largest absolute Gasteiger partial charge is 0.376 e. The molecule has 1 saturated heterocycles. The van der Waals surface area contributed by atoms with Gasteiger partial charge in [0.2, 0.25) is 0 Å². The molecule has 0 aromatic carbocycles. The summed E-state index contributed by atoms with van der Waals surface area (Å²) in [4.78, 5) is 2.64. The molecule has 3 nitrogen and oxygen atoms in total. The maximum atomic E-state index is 5.74. The van der Waals surface area contributed by atoms with Crippen LogP contribution in [0.15, 0.2) is 0 Å². The lowest BCUT2D eigenvalue weighted by molar-refractivity contribution is -0.0561. The Bertz CT molecular complexity index is 211. The predicted octanol–water partition coefficient (Wildman–Crippen LogP) is 3.05. The van der Waals surface area contributed by atoms with E-state index < -0.39 is 0 Å². The molecule has 1 aliphatic heterocycles. The van der Waals surface area contributed by atoms with Crippen LogP contribution in [0, 0.1) is 0 Å². The van der Waals surface area contributed by atoms with Gasteiger partial charge in [0.15, 0.2) is 0 Å². The van der Waals surface area contributed by atoms with Gasteiger partial charge >= 0.3 is 0 Å². The van der Waals surface area contributed by atoms with Crippen LogP contribution in [-0.2, 0) is 4.74 Å². The highest BCUT2D eigenvalue weighted by Gasteiger charge is 2.24. The van der Waals surface area contributed by atoms with E-state index in [2.05, 4.69) is 31.0 Å². The lowest BCUT2D eigenvalue weighted by atomic mass is 10.1. The maximum Gasteiger partial charge on any atom is 0.0674 e. The Hall–Kier alpha value is -0.120. The summed E-state index contributed by atoms with van der Waals surface area (Å²) in [6, 6.07) is 0.655. The molecule has 0 spiro atoms. The van der Waals surface area contributed by atoms with Gasteiger partial charge in [-0.1, -0.05) is 26.7 Å². The van der Waals surface area contributed by atoms with Gasteiger partial charge in [-0.15, -0.1) is 0 Å². The standard InChI is InChI=1S/C16H34N2O/c1-4-10-17-11-8-6-7-9-12-18-13-15(3)19-14-16(18)5-2/h15-17H,4-14H2,1-3H3. The van der Waals surface area contributed by atoms with Crippen LogP contribution in [0.5, 0.6) is 0 Å². The highest BCUT2D eigenvalue weighted by Crippen LogP contribution is 2.15. The van der Waals surface area contributed by atoms with Gasteiger partial charge < -0.3 is 10.1 Å². The zero-order chi connectivity index (χ0) is 13.9. The maximum absolute atomic E-state index is 5.74. The average molecular weight is 270 g/mol. The van der Waals surface area contributed by atoms with Crippen molar-refractivity contribution in [2.75, 3.05) is 32.8 Å². The van der Waals surface area contributed by atoms with E-state index >= 15 is 0 Å². The number of ether oxygens (including phenoxy) is 1. The molecule has 1 rings (SSSR count). The van der Waals surface area contributed by atoms with Gasteiger partial charge in [-0.3, -0.25) is 4.90 Å². The summed E-state index contributed by atoms with van der Waals surface area (Å²) in [5.74, 6) is 0. The van der Waals surface area contributed by atoms with Gasteiger partial charge in [-0.2, -0.15) is 0 Å². The van der Waals surface area contributed by atoms with E-state index in [1.54, 1.807) is 0 Å². The second-order valence-electron chi connectivity index (χ2n) is 5.87. The monoisotopic (exact) mass is 270 g/mol. The van der Waals surface area contributed by atoms with E-state index in [4.69, 9.17) is 4.74 Å². The first-order valence-electron chi connectivity index (χ1n) is 8.34. The van der Waals surface area contributed by atoms with Crippen molar-refractivity contribution in [2.24, 2.45) is 0 Å². The van der Waals surface area contributed by atoms with E-state index in [9.17, 15) is 0 Å². The lowest BCUT2D eigenvalue weighted by Crippen LogP contribution is -2.48. The third kappa shape index (κ3) is 7.28. The summed E-state index contributed by atoms with van der Waals surface area (Å²) in [7, 11) is 0. The number of nitrogens with one attached hydrogen (secondary N) is 1. The number of morpholine rings is 1. The van der Waals surface area contributed by atoms with Crippen LogP contribution in [0.3, 0.4) is 0 Å². The Morgan fingerprint density at radius 2 is 1.89 bits per heavy atom. The molecule has 2 atom stereocenters. The number of unbranched alkanes of at least 4 members (excludes halogenated alkanes) is 3. The second-order valence-corrected chi connectivity index (χ2v) is 5.87. The summed E-state index contributed by atoms with van der Waals surface area (Å²) < 4.78 is 5.74. The smallest absolute Gasteiger partial charge is 0.0674 e. The molecule has 19 heavy (non-hydrogen) atoms. The molecule has 0 amide bonds. The second kappa shape index (κ2) is 10.6. The molecule has 1 heterocycles. The Morgan fingerprint density at radius 3 is 2.63 bits per heavy atom. The van der Waals surface area contributed by atoms with Crippen molar-refractivity contribution in [3.8, 4) is 0 Å². The van der Waals surface area contributed by atoms with E-state index in [0.29, 0.717) is 12.1 Å². The van der Waals surface area contributed by atoms with Crippen LogP contribution in [0.2, 0.25) is 0 Å². The van der Waals surface area contributed by atoms with Gasteiger partial charge in [-0.25, -0.2) is 0 Å². The third-order valence-corrected chi connectivity index (χ3v) is 4.03. The van der Waals surface area contributed by atoms with Crippen LogP contribution in [-0.4, -0.2) is 49.8 Å². The molecular weight excluding hydrogens is 236 g/mol. The molecule has 114 valence electrons. The number of hydrogen-bond donors (Lipinski definition) is 1. The molecule has 3 heteroatoms. The van der Waals surface area contributed by atoms with Crippen LogP contribution in [0.25, 0.3) is 0 Å². The van der Waals surface area contributed by atoms with Gasteiger partial charge in [0.05, 0.1) is 12.7 Å². The minimum absolute atomic E-state index is 0.418. The lowest BCUT2D eigenvalue weighted by Gasteiger charge is -2.38. The van der Waals surface area contributed by atoms with E-state index in [1.807, 2.05) is 0 Å². The number of rotatable bonds is 10. The Kier molecular flexibility index (Phi) is 9.48. The summed E-state index contributed by atoms with van der Waals surface area (Å²) in [5.41, 5.74) is 0. The molecule has 0 radical (unpaired) electrons. The molecule has 1 fully saturated rings. The normalized spacial score (nSPS) is 24.8. The first-order chi connectivity index (χ1) is 9.27. The van der Waals surface area contributed by atoms with E-state index in [1.165, 1.54) is 58.2 Å². The van der Waals surface area contributed by atoms with Crippen molar-refractivity contribution < 1.29 is 4.74 Å². The van der Waals surface area contributed by atoms with Gasteiger partial charge in [0.25, 0.3) is 0 Å². The zero-order valence-corrected chi connectivity index (χ0v) is 13.3. The molecule has 2 unspecified atom stereocenters. The van der Waals surface area contributed by atoms with E-state index in [0.717, 1.165) is 13.2 Å². The minimum Gasteiger partial charge on any atom is -0.376 e. The van der Waals surface area contributed by atoms with E-state index in [-0.39, 0.29) is 0 Å². The third-order valence-electron chi connectivity index (χ3n) is 4.03. The molecule has 0 bridgehead atoms. The Labute approximate surface area is 120 Å². The van der Waals surface area contributed by atoms with Gasteiger partial charge in [0, 0.05) is 12.6 Å². The first-order valence-corrected chi connectivity index (χ1v) is 8.34. The van der Waals surface area contributed by atoms with Crippen LogP contribution >= 0.6 is 0 Å². The fourth-order valence-electron chi connectivity index (χ4n) is 2.78. The van der Waals surface area contributed by atoms with Gasteiger partial charge in [-0.05, 0) is 52.2 Å². The first kappa shape index (κ1) is 16.9. The van der Waals surface area contributed by atoms with Crippen LogP contribution in [0.1, 0.15) is 59.3 Å². The summed E-state index contributed by atoms with van der Waals surface area (Å²) in [6.45, 7) is 12.4. The fourth-order valence-corrected chi connectivity index (χ4v) is 2.78. The minimum atomic E-state index is 0.418. The predicted molar refractivity (Wildman–Crippen MR) is 82.7 cm³/mol.